The van der Waals surface area contributed by atoms with E-state index in [1.54, 1.807) is 0 Å². The van der Waals surface area contributed by atoms with E-state index >= 15 is 4.39 Å². The fourth-order valence-corrected chi connectivity index (χ4v) is 7.36. The number of carbonyl (C=O) groups excluding carboxylic acids is 1. The van der Waals surface area contributed by atoms with Crippen LogP contribution in [-0.4, -0.2) is 43.7 Å². The highest BCUT2D eigenvalue weighted by Crippen LogP contribution is 2.46. The smallest absolute Gasteiger partial charge is 0.267 e. The molecule has 0 aromatic heterocycles. The van der Waals surface area contributed by atoms with E-state index in [4.69, 9.17) is 4.74 Å². The maximum absolute atomic E-state index is 15.3. The molecule has 0 spiro atoms. The summed E-state index contributed by atoms with van der Waals surface area (Å²) in [5, 5.41) is -0.574. The van der Waals surface area contributed by atoms with E-state index in [2.05, 4.69) is 58.2 Å². The van der Waals surface area contributed by atoms with Crippen LogP contribution in [0.2, 0.25) is 0 Å². The summed E-state index contributed by atoms with van der Waals surface area (Å²) in [4.78, 5) is 15.3. The standard InChI is InChI=1S/C32H35FN2O4S/c33-29-20-30(27(22-16-17-22)19-28(29)32(36)34-40(37,38)26-14-7-15-26)39-25-13-8-18-35(21-25)31(23-9-3-1-4-10-23)24-11-5-2-6-12-24/h1-6,9-12,19-20,22,25-26,31H,7-8,13-18,21H2,(H,34,36)/t25-/m1/s1. The van der Waals surface area contributed by atoms with Crippen LogP contribution in [0.15, 0.2) is 72.8 Å². The minimum absolute atomic E-state index is 0.0807. The third-order valence-corrected chi connectivity index (χ3v) is 10.2. The molecule has 8 heteroatoms. The number of nitrogens with zero attached hydrogens (tertiary/aromatic N) is 1. The summed E-state index contributed by atoms with van der Waals surface area (Å²) in [6, 6.07) is 23.7. The number of carbonyl (C=O) groups is 1. The van der Waals surface area contributed by atoms with Gasteiger partial charge in [0.1, 0.15) is 17.7 Å². The van der Waals surface area contributed by atoms with Crippen molar-refractivity contribution >= 4 is 15.9 Å². The van der Waals surface area contributed by atoms with Crippen LogP contribution in [0.3, 0.4) is 0 Å². The molecule has 3 aliphatic rings. The lowest BCUT2D eigenvalue weighted by Crippen LogP contribution is -2.43. The van der Waals surface area contributed by atoms with E-state index in [1.165, 1.54) is 23.3 Å². The van der Waals surface area contributed by atoms with Gasteiger partial charge in [-0.3, -0.25) is 9.69 Å². The normalized spacial score (nSPS) is 20.2. The van der Waals surface area contributed by atoms with Crippen molar-refractivity contribution < 1.29 is 22.3 Å². The molecule has 0 unspecified atom stereocenters. The Labute approximate surface area is 235 Å². The van der Waals surface area contributed by atoms with E-state index in [9.17, 15) is 13.2 Å². The molecule has 3 fully saturated rings. The highest BCUT2D eigenvalue weighted by Gasteiger charge is 2.35. The summed E-state index contributed by atoms with van der Waals surface area (Å²) in [6.45, 7) is 1.61. The molecule has 210 valence electrons. The molecule has 40 heavy (non-hydrogen) atoms. The highest BCUT2D eigenvalue weighted by molar-refractivity contribution is 7.90. The second-order valence-corrected chi connectivity index (χ2v) is 13.2. The van der Waals surface area contributed by atoms with Crippen molar-refractivity contribution in [3.8, 4) is 5.75 Å². The van der Waals surface area contributed by atoms with Crippen LogP contribution in [0.4, 0.5) is 4.39 Å². The fraction of sp³-hybridized carbons (Fsp3) is 0.406. The Balaban J connectivity index is 1.22. The number of hydrogen-bond donors (Lipinski definition) is 1. The first kappa shape index (κ1) is 27.0. The molecule has 3 aromatic rings. The summed E-state index contributed by atoms with van der Waals surface area (Å²) in [7, 11) is -3.80. The van der Waals surface area contributed by atoms with Gasteiger partial charge in [-0.25, -0.2) is 17.5 Å². The zero-order valence-corrected chi connectivity index (χ0v) is 23.3. The molecule has 0 bridgehead atoms. The molecule has 3 aromatic carbocycles. The quantitative estimate of drug-likeness (QED) is 0.349. The van der Waals surface area contributed by atoms with E-state index in [1.807, 2.05) is 12.1 Å². The van der Waals surface area contributed by atoms with Gasteiger partial charge < -0.3 is 4.74 Å². The lowest BCUT2D eigenvalue weighted by molar-refractivity contribution is 0.0703. The van der Waals surface area contributed by atoms with Crippen molar-refractivity contribution in [2.75, 3.05) is 13.1 Å². The lowest BCUT2D eigenvalue weighted by atomic mass is 9.94. The number of rotatable bonds is 9. The average Bonchev–Trinajstić information content (AvgIpc) is 3.74. The van der Waals surface area contributed by atoms with E-state index in [-0.39, 0.29) is 23.6 Å². The topological polar surface area (TPSA) is 75.7 Å². The van der Waals surface area contributed by atoms with Crippen LogP contribution in [0.1, 0.15) is 84.0 Å². The predicted molar refractivity (Wildman–Crippen MR) is 152 cm³/mol. The maximum Gasteiger partial charge on any atom is 0.267 e. The van der Waals surface area contributed by atoms with Gasteiger partial charge in [0, 0.05) is 12.6 Å². The molecule has 2 aliphatic carbocycles. The van der Waals surface area contributed by atoms with Crippen molar-refractivity contribution in [2.24, 2.45) is 0 Å². The SMILES string of the molecule is O=C(NS(=O)(=O)C1CCC1)c1cc(C2CC2)c(O[C@@H]2CCCN(C(c3ccccc3)c3ccccc3)C2)cc1F. The molecule has 1 atom stereocenters. The molecule has 1 amide bonds. The highest BCUT2D eigenvalue weighted by atomic mass is 32.2. The summed E-state index contributed by atoms with van der Waals surface area (Å²) in [6.07, 6.45) is 5.40. The van der Waals surface area contributed by atoms with Crippen LogP contribution >= 0.6 is 0 Å². The van der Waals surface area contributed by atoms with Gasteiger partial charge in [0.15, 0.2) is 0 Å². The van der Waals surface area contributed by atoms with Crippen LogP contribution in [0.25, 0.3) is 0 Å². The number of piperidine rings is 1. The molecule has 1 N–H and O–H groups in total. The van der Waals surface area contributed by atoms with Gasteiger partial charge in [0.25, 0.3) is 5.91 Å². The van der Waals surface area contributed by atoms with E-state index in [0.717, 1.165) is 44.2 Å². The molecule has 2 saturated carbocycles. The van der Waals surface area contributed by atoms with Crippen LogP contribution in [0, 0.1) is 5.82 Å². The number of halogens is 1. The van der Waals surface area contributed by atoms with Crippen molar-refractivity contribution in [1.82, 2.24) is 9.62 Å². The fourth-order valence-electron chi connectivity index (χ4n) is 5.87. The third kappa shape index (κ3) is 5.79. The lowest BCUT2D eigenvalue weighted by Gasteiger charge is -2.39. The Bertz CT molecular complexity index is 1420. The zero-order chi connectivity index (χ0) is 27.7. The van der Waals surface area contributed by atoms with E-state index in [0.29, 0.717) is 25.1 Å². The van der Waals surface area contributed by atoms with Gasteiger partial charge in [0.2, 0.25) is 10.0 Å². The minimum Gasteiger partial charge on any atom is -0.489 e. The molecule has 6 rings (SSSR count). The first-order valence-electron chi connectivity index (χ1n) is 14.3. The number of sulfonamides is 1. The first-order chi connectivity index (χ1) is 19.4. The summed E-state index contributed by atoms with van der Waals surface area (Å²) in [5.74, 6) is -1.03. The summed E-state index contributed by atoms with van der Waals surface area (Å²) < 4.78 is 48.8. The van der Waals surface area contributed by atoms with Crippen LogP contribution < -0.4 is 9.46 Å². The Morgan fingerprint density at radius 1 is 0.900 bits per heavy atom. The second-order valence-electron chi connectivity index (χ2n) is 11.3. The number of ether oxygens (including phenoxy) is 1. The largest absolute Gasteiger partial charge is 0.489 e. The van der Waals surface area contributed by atoms with Gasteiger partial charge in [-0.15, -0.1) is 0 Å². The number of benzene rings is 3. The Morgan fingerprint density at radius 2 is 1.55 bits per heavy atom. The van der Waals surface area contributed by atoms with Gasteiger partial charge in [-0.1, -0.05) is 67.1 Å². The third-order valence-electron chi connectivity index (χ3n) is 8.39. The Morgan fingerprint density at radius 3 is 2.12 bits per heavy atom. The second kappa shape index (κ2) is 11.3. The Kier molecular flexibility index (Phi) is 7.64. The first-order valence-corrected chi connectivity index (χ1v) is 15.8. The average molecular weight is 563 g/mol. The molecule has 1 saturated heterocycles. The van der Waals surface area contributed by atoms with E-state index < -0.39 is 27.0 Å². The predicted octanol–water partition coefficient (Wildman–Crippen LogP) is 5.95. The van der Waals surface area contributed by atoms with Crippen molar-refractivity contribution in [1.29, 1.82) is 0 Å². The monoisotopic (exact) mass is 562 g/mol. The molecule has 0 radical (unpaired) electrons. The van der Waals surface area contributed by atoms with Crippen molar-refractivity contribution in [2.45, 2.75) is 68.3 Å². The number of likely N-dealkylation sites (tertiary alicyclic amines) is 1. The molecule has 1 heterocycles. The molecular weight excluding hydrogens is 527 g/mol. The van der Waals surface area contributed by atoms with Crippen LogP contribution in [0.5, 0.6) is 5.75 Å². The zero-order valence-electron chi connectivity index (χ0n) is 22.5. The number of nitrogens with one attached hydrogen (secondary N) is 1. The molecule has 1 aliphatic heterocycles. The number of hydrogen-bond acceptors (Lipinski definition) is 5. The maximum atomic E-state index is 15.3. The summed E-state index contributed by atoms with van der Waals surface area (Å²) in [5.41, 5.74) is 2.97. The van der Waals surface area contributed by atoms with Crippen LogP contribution in [-0.2, 0) is 10.0 Å². The van der Waals surface area contributed by atoms with Gasteiger partial charge in [-0.05, 0) is 73.7 Å². The number of amides is 1. The Hall–Kier alpha value is -3.23. The minimum atomic E-state index is -3.80. The van der Waals surface area contributed by atoms with Crippen molar-refractivity contribution in [3.05, 3.63) is 101 Å². The van der Waals surface area contributed by atoms with Gasteiger partial charge in [0.05, 0.1) is 16.9 Å². The van der Waals surface area contributed by atoms with Crippen molar-refractivity contribution in [3.63, 3.8) is 0 Å². The molecular formula is C32H35FN2O4S. The van der Waals surface area contributed by atoms with Gasteiger partial charge >= 0.3 is 0 Å². The summed E-state index contributed by atoms with van der Waals surface area (Å²) >= 11 is 0. The van der Waals surface area contributed by atoms with Gasteiger partial charge in [-0.2, -0.15) is 0 Å². The molecule has 6 nitrogen and oxygen atoms in total.